The van der Waals surface area contributed by atoms with Crippen molar-refractivity contribution in [3.05, 3.63) is 42.0 Å². The van der Waals surface area contributed by atoms with Gasteiger partial charge in [0.25, 0.3) is 0 Å². The molecular formula is C23H30N2O7S2. The number of carbonyl (C=O) groups excluding carboxylic acids is 1. The van der Waals surface area contributed by atoms with Gasteiger partial charge in [0.05, 0.1) is 19.1 Å². The van der Waals surface area contributed by atoms with E-state index >= 15 is 0 Å². The lowest BCUT2D eigenvalue weighted by molar-refractivity contribution is -0.132. The van der Waals surface area contributed by atoms with Gasteiger partial charge < -0.3 is 23.8 Å². The van der Waals surface area contributed by atoms with Gasteiger partial charge in [0.1, 0.15) is 19.3 Å². The van der Waals surface area contributed by atoms with E-state index in [9.17, 15) is 13.2 Å². The van der Waals surface area contributed by atoms with Crippen LogP contribution in [0.25, 0.3) is 0 Å². The molecule has 1 unspecified atom stereocenters. The molecular weight excluding hydrogens is 480 g/mol. The molecule has 1 N–H and O–H groups in total. The molecule has 186 valence electrons. The van der Waals surface area contributed by atoms with Crippen molar-refractivity contribution in [2.45, 2.75) is 23.9 Å². The third-order valence-corrected chi connectivity index (χ3v) is 7.41. The molecule has 1 aliphatic rings. The molecule has 11 heteroatoms. The fraction of sp³-hybridized carbons (Fsp3) is 0.435. The number of hydrogen-bond donors (Lipinski definition) is 1. The summed E-state index contributed by atoms with van der Waals surface area (Å²) in [7, 11) is 0.722. The maximum atomic E-state index is 13.3. The first-order valence-electron chi connectivity index (χ1n) is 10.7. The van der Waals surface area contributed by atoms with Crippen molar-refractivity contribution in [3.8, 4) is 23.0 Å². The maximum Gasteiger partial charge on any atom is 0.241 e. The summed E-state index contributed by atoms with van der Waals surface area (Å²) in [5.74, 6) is 2.20. The van der Waals surface area contributed by atoms with Gasteiger partial charge in [-0.25, -0.2) is 8.42 Å². The minimum atomic E-state index is -3.99. The summed E-state index contributed by atoms with van der Waals surface area (Å²) < 4.78 is 50.6. The summed E-state index contributed by atoms with van der Waals surface area (Å²) in [6, 6.07) is 8.89. The van der Waals surface area contributed by atoms with E-state index in [0.717, 1.165) is 5.56 Å². The Balaban J connectivity index is 1.80. The van der Waals surface area contributed by atoms with E-state index in [2.05, 4.69) is 4.72 Å². The Morgan fingerprint density at radius 2 is 1.88 bits per heavy atom. The van der Waals surface area contributed by atoms with Crippen LogP contribution >= 0.6 is 11.8 Å². The highest BCUT2D eigenvalue weighted by Gasteiger charge is 2.29. The van der Waals surface area contributed by atoms with Crippen LogP contribution in [0.3, 0.4) is 0 Å². The minimum Gasteiger partial charge on any atom is -0.493 e. The first-order chi connectivity index (χ1) is 16.3. The van der Waals surface area contributed by atoms with Crippen molar-refractivity contribution < 1.29 is 32.2 Å². The van der Waals surface area contributed by atoms with Gasteiger partial charge in [-0.1, -0.05) is 12.1 Å². The summed E-state index contributed by atoms with van der Waals surface area (Å²) in [5, 5.41) is 0. The monoisotopic (exact) mass is 510 g/mol. The third-order valence-electron chi connectivity index (χ3n) is 5.30. The topological polar surface area (TPSA) is 103 Å². The van der Waals surface area contributed by atoms with Crippen LogP contribution in [-0.4, -0.2) is 71.8 Å². The van der Waals surface area contributed by atoms with Gasteiger partial charge in [0.15, 0.2) is 23.0 Å². The molecule has 34 heavy (non-hydrogen) atoms. The average molecular weight is 511 g/mol. The van der Waals surface area contributed by atoms with Crippen molar-refractivity contribution in [2.75, 3.05) is 46.5 Å². The van der Waals surface area contributed by atoms with Crippen LogP contribution in [-0.2, 0) is 21.4 Å². The molecule has 0 radical (unpaired) electrons. The van der Waals surface area contributed by atoms with Gasteiger partial charge >= 0.3 is 0 Å². The standard InChI is InChI=1S/C23H30N2O7S2/c1-25(15-16-6-5-7-20(29-2)22(16)30-3)23(26)18(10-13-33-4)24-34(27,28)17-8-9-19-21(14-17)32-12-11-31-19/h5-9,14,18,24H,10-13,15H2,1-4H3. The van der Waals surface area contributed by atoms with Gasteiger partial charge in [0.2, 0.25) is 15.9 Å². The second kappa shape index (κ2) is 11.7. The Morgan fingerprint density at radius 1 is 1.15 bits per heavy atom. The summed E-state index contributed by atoms with van der Waals surface area (Å²) in [6.45, 7) is 0.977. The largest absolute Gasteiger partial charge is 0.493 e. The lowest BCUT2D eigenvalue weighted by Crippen LogP contribution is -2.47. The first kappa shape index (κ1) is 26.0. The van der Waals surface area contributed by atoms with E-state index in [-0.39, 0.29) is 17.3 Å². The molecule has 2 aromatic carbocycles. The van der Waals surface area contributed by atoms with E-state index < -0.39 is 16.1 Å². The number of amides is 1. The molecule has 0 aliphatic carbocycles. The number of nitrogens with one attached hydrogen (secondary N) is 1. The smallest absolute Gasteiger partial charge is 0.241 e. The zero-order chi connectivity index (χ0) is 24.7. The highest BCUT2D eigenvalue weighted by atomic mass is 32.2. The Labute approximate surface area is 204 Å². The number of carbonyl (C=O) groups is 1. The normalized spacial score (nSPS) is 13.8. The van der Waals surface area contributed by atoms with Crippen LogP contribution in [0.5, 0.6) is 23.0 Å². The Kier molecular flexibility index (Phi) is 8.92. The molecule has 3 rings (SSSR count). The number of fused-ring (bicyclic) bond motifs is 1. The van der Waals surface area contributed by atoms with Crippen molar-refractivity contribution in [1.82, 2.24) is 9.62 Å². The van der Waals surface area contributed by atoms with Crippen molar-refractivity contribution >= 4 is 27.7 Å². The maximum absolute atomic E-state index is 13.3. The molecule has 0 saturated carbocycles. The quantitative estimate of drug-likeness (QED) is 0.492. The van der Waals surface area contributed by atoms with Gasteiger partial charge in [0, 0.05) is 25.2 Å². The number of rotatable bonds is 11. The first-order valence-corrected chi connectivity index (χ1v) is 13.5. The van der Waals surface area contributed by atoms with Crippen LogP contribution in [0.1, 0.15) is 12.0 Å². The van der Waals surface area contributed by atoms with Gasteiger partial charge in [-0.15, -0.1) is 0 Å². The predicted molar refractivity (Wildman–Crippen MR) is 131 cm³/mol. The molecule has 1 amide bonds. The second-order valence-electron chi connectivity index (χ2n) is 7.61. The number of nitrogens with zero attached hydrogens (tertiary/aromatic N) is 1. The summed E-state index contributed by atoms with van der Waals surface area (Å²) in [6.07, 6.45) is 2.24. The predicted octanol–water partition coefficient (Wildman–Crippen LogP) is 2.53. The SMILES string of the molecule is COc1cccc(CN(C)C(=O)C(CCSC)NS(=O)(=O)c2ccc3c(c2)OCCO3)c1OC. The van der Waals surface area contributed by atoms with Gasteiger partial charge in [-0.05, 0) is 36.6 Å². The highest BCUT2D eigenvalue weighted by Crippen LogP contribution is 2.33. The van der Waals surface area contributed by atoms with E-state index in [1.54, 1.807) is 26.3 Å². The molecule has 2 aromatic rings. The molecule has 0 bridgehead atoms. The molecule has 1 heterocycles. The number of thioether (sulfide) groups is 1. The lowest BCUT2D eigenvalue weighted by Gasteiger charge is -2.26. The lowest BCUT2D eigenvalue weighted by atomic mass is 10.1. The summed E-state index contributed by atoms with van der Waals surface area (Å²) in [4.78, 5) is 14.8. The minimum absolute atomic E-state index is 0.0100. The molecule has 1 atom stereocenters. The number of benzene rings is 2. The number of hydrogen-bond acceptors (Lipinski definition) is 8. The van der Waals surface area contributed by atoms with Crippen molar-refractivity contribution in [1.29, 1.82) is 0 Å². The van der Waals surface area contributed by atoms with E-state index in [1.807, 2.05) is 18.4 Å². The number of methoxy groups -OCH3 is 2. The zero-order valence-corrected chi connectivity index (χ0v) is 21.3. The number of likely N-dealkylation sites (N-methyl/N-ethyl adjacent to an activating group) is 1. The van der Waals surface area contributed by atoms with E-state index in [4.69, 9.17) is 18.9 Å². The van der Waals surface area contributed by atoms with Crippen LogP contribution in [0.4, 0.5) is 0 Å². The Bertz CT molecular complexity index is 1110. The van der Waals surface area contributed by atoms with Gasteiger partial charge in [-0.2, -0.15) is 16.5 Å². The van der Waals surface area contributed by atoms with Crippen LogP contribution in [0.15, 0.2) is 41.3 Å². The van der Waals surface area contributed by atoms with Crippen LogP contribution < -0.4 is 23.7 Å². The van der Waals surface area contributed by atoms with Crippen molar-refractivity contribution in [3.63, 3.8) is 0 Å². The summed E-state index contributed by atoms with van der Waals surface area (Å²) in [5.41, 5.74) is 0.746. The third kappa shape index (κ3) is 6.08. The molecule has 1 aliphatic heterocycles. The molecule has 0 spiro atoms. The fourth-order valence-electron chi connectivity index (χ4n) is 3.59. The van der Waals surface area contributed by atoms with E-state index in [0.29, 0.717) is 48.4 Å². The second-order valence-corrected chi connectivity index (χ2v) is 10.3. The van der Waals surface area contributed by atoms with Gasteiger partial charge in [-0.3, -0.25) is 4.79 Å². The summed E-state index contributed by atoms with van der Waals surface area (Å²) >= 11 is 1.54. The molecule has 9 nitrogen and oxygen atoms in total. The molecule has 0 saturated heterocycles. The highest BCUT2D eigenvalue weighted by molar-refractivity contribution is 7.98. The zero-order valence-electron chi connectivity index (χ0n) is 19.7. The van der Waals surface area contributed by atoms with Crippen molar-refractivity contribution in [2.24, 2.45) is 0 Å². The number of ether oxygens (including phenoxy) is 4. The fourth-order valence-corrected chi connectivity index (χ4v) is 5.30. The average Bonchev–Trinajstić information content (AvgIpc) is 2.85. The van der Waals surface area contributed by atoms with Crippen LogP contribution in [0.2, 0.25) is 0 Å². The van der Waals surface area contributed by atoms with E-state index in [1.165, 1.54) is 35.9 Å². The Morgan fingerprint density at radius 3 is 2.56 bits per heavy atom. The van der Waals surface area contributed by atoms with Crippen LogP contribution in [0, 0.1) is 0 Å². The number of sulfonamides is 1. The molecule has 0 aromatic heterocycles. The molecule has 0 fully saturated rings. The number of para-hydroxylation sites is 1. The Hall–Kier alpha value is -2.63.